The Kier molecular flexibility index (Phi) is 7.18. The molecule has 21 heavy (non-hydrogen) atoms. The van der Waals surface area contributed by atoms with Crippen LogP contribution in [-0.2, 0) is 14.3 Å². The fraction of sp³-hybridized carbons (Fsp3) is 0.375. The van der Waals surface area contributed by atoms with Crippen LogP contribution in [0.25, 0.3) is 0 Å². The Hall–Kier alpha value is -2.14. The van der Waals surface area contributed by atoms with Crippen LogP contribution in [0.15, 0.2) is 43.0 Å². The number of carboxylic acid groups (broad SMARTS) is 1. The van der Waals surface area contributed by atoms with Crippen LogP contribution in [0.4, 0.5) is 0 Å². The Morgan fingerprint density at radius 1 is 1.38 bits per heavy atom. The molecule has 0 saturated carbocycles. The van der Waals surface area contributed by atoms with E-state index in [1.54, 1.807) is 6.08 Å². The highest BCUT2D eigenvalue weighted by atomic mass is 16.5. The van der Waals surface area contributed by atoms with E-state index in [0.717, 1.165) is 5.56 Å². The molecule has 1 aromatic rings. The maximum atomic E-state index is 12.3. The van der Waals surface area contributed by atoms with Gasteiger partial charge in [0, 0.05) is 26.0 Å². The lowest BCUT2D eigenvalue weighted by atomic mass is 9.95. The van der Waals surface area contributed by atoms with Crippen molar-refractivity contribution >= 4 is 11.9 Å². The Balaban J connectivity index is 2.73. The van der Waals surface area contributed by atoms with E-state index in [2.05, 4.69) is 6.58 Å². The maximum Gasteiger partial charge on any atom is 0.323 e. The molecule has 1 atom stereocenters. The SMILES string of the molecule is C=CC(CC(=O)N(CCOC)CC(=O)O)c1ccccc1. The third-order valence-corrected chi connectivity index (χ3v) is 3.15. The normalized spacial score (nSPS) is 11.7. The molecule has 1 amide bonds. The minimum Gasteiger partial charge on any atom is -0.480 e. The smallest absolute Gasteiger partial charge is 0.323 e. The highest BCUT2D eigenvalue weighted by Gasteiger charge is 2.20. The van der Waals surface area contributed by atoms with E-state index in [1.165, 1.54) is 12.0 Å². The zero-order chi connectivity index (χ0) is 15.7. The molecular weight excluding hydrogens is 270 g/mol. The van der Waals surface area contributed by atoms with Crippen LogP contribution < -0.4 is 0 Å². The van der Waals surface area contributed by atoms with Gasteiger partial charge in [0.2, 0.25) is 5.91 Å². The van der Waals surface area contributed by atoms with Crippen molar-refractivity contribution in [1.82, 2.24) is 4.90 Å². The van der Waals surface area contributed by atoms with E-state index in [1.807, 2.05) is 30.3 Å². The summed E-state index contributed by atoms with van der Waals surface area (Å²) in [4.78, 5) is 24.4. The first-order valence-electron chi connectivity index (χ1n) is 6.74. The lowest BCUT2D eigenvalue weighted by Gasteiger charge is -2.22. The van der Waals surface area contributed by atoms with Gasteiger partial charge in [-0.05, 0) is 5.56 Å². The molecular formula is C16H21NO4. The molecule has 1 rings (SSSR count). The number of methoxy groups -OCH3 is 1. The van der Waals surface area contributed by atoms with Crippen LogP contribution in [0.1, 0.15) is 17.9 Å². The quantitative estimate of drug-likeness (QED) is 0.706. The predicted molar refractivity (Wildman–Crippen MR) is 80.1 cm³/mol. The fourth-order valence-corrected chi connectivity index (χ4v) is 2.01. The van der Waals surface area contributed by atoms with Gasteiger partial charge < -0.3 is 14.7 Å². The Bertz CT molecular complexity index is 472. The molecule has 5 heteroatoms. The summed E-state index contributed by atoms with van der Waals surface area (Å²) >= 11 is 0. The summed E-state index contributed by atoms with van der Waals surface area (Å²) in [6, 6.07) is 9.56. The summed E-state index contributed by atoms with van der Waals surface area (Å²) in [5.41, 5.74) is 0.989. The molecule has 0 radical (unpaired) electrons. The average molecular weight is 291 g/mol. The number of hydrogen-bond donors (Lipinski definition) is 1. The van der Waals surface area contributed by atoms with Gasteiger partial charge in [-0.15, -0.1) is 6.58 Å². The minimum atomic E-state index is -1.03. The number of rotatable bonds is 9. The van der Waals surface area contributed by atoms with Crippen LogP contribution in [0, 0.1) is 0 Å². The zero-order valence-electron chi connectivity index (χ0n) is 12.2. The summed E-state index contributed by atoms with van der Waals surface area (Å²) in [6.07, 6.45) is 1.91. The van der Waals surface area contributed by atoms with Crippen molar-refractivity contribution < 1.29 is 19.4 Å². The summed E-state index contributed by atoms with van der Waals surface area (Å²) in [6.45, 7) is 4.02. The van der Waals surface area contributed by atoms with Gasteiger partial charge in [0.05, 0.1) is 6.61 Å². The standard InChI is InChI=1S/C16H21NO4/c1-3-13(14-7-5-4-6-8-14)11-15(18)17(9-10-21-2)12-16(19)20/h3-8,13H,1,9-12H2,2H3,(H,19,20). The first kappa shape index (κ1) is 16.9. The number of aliphatic carboxylic acids is 1. The number of nitrogens with zero attached hydrogens (tertiary/aromatic N) is 1. The van der Waals surface area contributed by atoms with E-state index < -0.39 is 5.97 Å². The molecule has 1 N–H and O–H groups in total. The number of allylic oxidation sites excluding steroid dienone is 1. The van der Waals surface area contributed by atoms with Crippen LogP contribution in [0.5, 0.6) is 0 Å². The predicted octanol–water partition coefficient (Wildman–Crippen LogP) is 1.91. The highest BCUT2D eigenvalue weighted by Crippen LogP contribution is 2.21. The van der Waals surface area contributed by atoms with Crippen molar-refractivity contribution in [3.8, 4) is 0 Å². The molecule has 0 fully saturated rings. The summed E-state index contributed by atoms with van der Waals surface area (Å²) in [5.74, 6) is -1.38. The van der Waals surface area contributed by atoms with Crippen molar-refractivity contribution in [2.45, 2.75) is 12.3 Å². The number of amides is 1. The number of hydrogen-bond acceptors (Lipinski definition) is 3. The Labute approximate surface area is 124 Å². The van der Waals surface area contributed by atoms with E-state index in [4.69, 9.17) is 9.84 Å². The summed E-state index contributed by atoms with van der Waals surface area (Å²) < 4.78 is 4.91. The van der Waals surface area contributed by atoms with Gasteiger partial charge in [0.15, 0.2) is 0 Å². The monoisotopic (exact) mass is 291 g/mol. The van der Waals surface area contributed by atoms with Crippen molar-refractivity contribution in [2.75, 3.05) is 26.8 Å². The van der Waals surface area contributed by atoms with E-state index in [0.29, 0.717) is 6.61 Å². The second-order valence-electron chi connectivity index (χ2n) is 4.66. The minimum absolute atomic E-state index is 0.127. The van der Waals surface area contributed by atoms with Crippen molar-refractivity contribution in [2.24, 2.45) is 0 Å². The molecule has 5 nitrogen and oxygen atoms in total. The van der Waals surface area contributed by atoms with Crippen LogP contribution in [0.3, 0.4) is 0 Å². The van der Waals surface area contributed by atoms with E-state index in [9.17, 15) is 9.59 Å². The summed E-state index contributed by atoms with van der Waals surface area (Å²) in [7, 11) is 1.51. The van der Waals surface area contributed by atoms with Crippen molar-refractivity contribution in [3.05, 3.63) is 48.6 Å². The van der Waals surface area contributed by atoms with Gasteiger partial charge in [0.1, 0.15) is 6.54 Å². The molecule has 0 aliphatic heterocycles. The molecule has 0 bridgehead atoms. The number of benzene rings is 1. The molecule has 1 unspecified atom stereocenters. The van der Waals surface area contributed by atoms with Gasteiger partial charge >= 0.3 is 5.97 Å². The van der Waals surface area contributed by atoms with Gasteiger partial charge in [-0.25, -0.2) is 0 Å². The molecule has 0 aliphatic rings. The lowest BCUT2D eigenvalue weighted by molar-refractivity contribution is -0.145. The average Bonchev–Trinajstić information content (AvgIpc) is 2.49. The molecule has 0 aromatic heterocycles. The highest BCUT2D eigenvalue weighted by molar-refractivity contribution is 5.82. The first-order valence-corrected chi connectivity index (χ1v) is 6.74. The number of ether oxygens (including phenoxy) is 1. The van der Waals surface area contributed by atoms with Crippen molar-refractivity contribution in [3.63, 3.8) is 0 Å². The maximum absolute atomic E-state index is 12.3. The zero-order valence-corrected chi connectivity index (χ0v) is 12.2. The third-order valence-electron chi connectivity index (χ3n) is 3.15. The van der Waals surface area contributed by atoms with Crippen LogP contribution in [-0.4, -0.2) is 48.7 Å². The second-order valence-corrected chi connectivity index (χ2v) is 4.66. The van der Waals surface area contributed by atoms with Crippen molar-refractivity contribution in [1.29, 1.82) is 0 Å². The summed E-state index contributed by atoms with van der Waals surface area (Å²) in [5, 5.41) is 8.89. The topological polar surface area (TPSA) is 66.8 Å². The van der Waals surface area contributed by atoms with Crippen LogP contribution in [0.2, 0.25) is 0 Å². The molecule has 1 aromatic carbocycles. The van der Waals surface area contributed by atoms with Gasteiger partial charge in [-0.3, -0.25) is 9.59 Å². The van der Waals surface area contributed by atoms with Gasteiger partial charge in [-0.2, -0.15) is 0 Å². The second kappa shape index (κ2) is 8.92. The molecule has 0 saturated heterocycles. The fourth-order valence-electron chi connectivity index (χ4n) is 2.01. The number of carbonyl (C=O) groups is 2. The van der Waals surface area contributed by atoms with Crippen LogP contribution >= 0.6 is 0 Å². The van der Waals surface area contributed by atoms with E-state index >= 15 is 0 Å². The molecule has 0 heterocycles. The molecule has 0 spiro atoms. The number of carbonyl (C=O) groups excluding carboxylic acids is 1. The van der Waals surface area contributed by atoms with Gasteiger partial charge in [0.25, 0.3) is 0 Å². The lowest BCUT2D eigenvalue weighted by Crippen LogP contribution is -2.38. The number of carboxylic acids is 1. The Morgan fingerprint density at radius 2 is 2.05 bits per heavy atom. The first-order chi connectivity index (χ1) is 10.1. The third kappa shape index (κ3) is 5.79. The Morgan fingerprint density at radius 3 is 2.57 bits per heavy atom. The molecule has 0 aliphatic carbocycles. The van der Waals surface area contributed by atoms with Gasteiger partial charge in [-0.1, -0.05) is 36.4 Å². The largest absolute Gasteiger partial charge is 0.480 e. The van der Waals surface area contributed by atoms with E-state index in [-0.39, 0.29) is 31.3 Å². The molecule has 114 valence electrons.